The van der Waals surface area contributed by atoms with E-state index in [2.05, 4.69) is 0 Å². The number of carbonyl (C=O) groups is 2. The molecule has 5 heteroatoms. The van der Waals surface area contributed by atoms with Gasteiger partial charge in [-0.3, -0.25) is 4.79 Å². The highest BCUT2D eigenvalue weighted by molar-refractivity contribution is 8.14. The van der Waals surface area contributed by atoms with Gasteiger partial charge in [0.25, 0.3) is 0 Å². The van der Waals surface area contributed by atoms with Crippen LogP contribution in [0.15, 0.2) is 0 Å². The molecule has 18 heavy (non-hydrogen) atoms. The Morgan fingerprint density at radius 2 is 1.72 bits per heavy atom. The maximum absolute atomic E-state index is 11.8. The summed E-state index contributed by atoms with van der Waals surface area (Å²) in [6.07, 6.45) is -0.0590. The molecule has 0 fully saturated rings. The second-order valence-corrected chi connectivity index (χ2v) is 8.35. The smallest absolute Gasteiger partial charge is 0.368 e. The lowest BCUT2D eigenvalue weighted by molar-refractivity contribution is -0.873. The third kappa shape index (κ3) is 10.6. The van der Waals surface area contributed by atoms with E-state index >= 15 is 0 Å². The van der Waals surface area contributed by atoms with Crippen molar-refractivity contribution in [2.24, 2.45) is 0 Å². The molecule has 1 atom stereocenters. The number of ketones is 1. The normalized spacial score (nSPS) is 14.2. The van der Waals surface area contributed by atoms with Gasteiger partial charge in [-0.1, -0.05) is 20.8 Å². The van der Waals surface area contributed by atoms with Crippen molar-refractivity contribution in [3.63, 3.8) is 0 Å². The van der Waals surface area contributed by atoms with E-state index in [0.29, 0.717) is 11.0 Å². The van der Waals surface area contributed by atoms with Gasteiger partial charge in [0.1, 0.15) is 12.3 Å². The Morgan fingerprint density at radius 1 is 1.22 bits per heavy atom. The average molecular weight is 276 g/mol. The van der Waals surface area contributed by atoms with Gasteiger partial charge in [-0.2, -0.15) is 0 Å². The molecule has 0 saturated heterocycles. The van der Waals surface area contributed by atoms with E-state index in [0.717, 1.165) is 11.8 Å². The molecule has 0 N–H and O–H groups in total. The number of ether oxygens (including phenoxy) is 1. The van der Waals surface area contributed by atoms with Gasteiger partial charge in [-0.05, 0) is 18.7 Å². The van der Waals surface area contributed by atoms with Crippen molar-refractivity contribution >= 4 is 22.8 Å². The van der Waals surface area contributed by atoms with Gasteiger partial charge in [0, 0.05) is 11.2 Å². The zero-order valence-electron chi connectivity index (χ0n) is 12.6. The molecule has 4 nitrogen and oxygen atoms in total. The Bertz CT molecular complexity index is 302. The molecule has 0 aliphatic heterocycles. The van der Waals surface area contributed by atoms with Crippen LogP contribution in [0.5, 0.6) is 0 Å². The summed E-state index contributed by atoms with van der Waals surface area (Å²) in [5.74, 6) is 0.0435. The van der Waals surface area contributed by atoms with Crippen molar-refractivity contribution in [2.75, 3.05) is 27.7 Å². The minimum atomic E-state index is -0.343. The van der Waals surface area contributed by atoms with E-state index < -0.39 is 0 Å². The molecular weight excluding hydrogens is 250 g/mol. The van der Waals surface area contributed by atoms with Crippen LogP contribution in [0.3, 0.4) is 0 Å². The molecule has 0 aliphatic rings. The highest BCUT2D eigenvalue weighted by atomic mass is 32.2. The van der Waals surface area contributed by atoms with E-state index in [-0.39, 0.29) is 28.4 Å². The van der Waals surface area contributed by atoms with Gasteiger partial charge >= 0.3 is 5.30 Å². The van der Waals surface area contributed by atoms with Gasteiger partial charge in [-0.15, -0.1) is 0 Å². The molecule has 106 valence electrons. The summed E-state index contributed by atoms with van der Waals surface area (Å²) in [4.78, 5) is 23.0. The van der Waals surface area contributed by atoms with E-state index in [4.69, 9.17) is 4.74 Å². The third-order valence-corrected chi connectivity index (χ3v) is 2.79. The lowest BCUT2D eigenvalue weighted by Gasteiger charge is -2.29. The van der Waals surface area contributed by atoms with E-state index in [1.807, 2.05) is 41.9 Å². The minimum absolute atomic E-state index is 0.0435. The van der Waals surface area contributed by atoms with Gasteiger partial charge in [-0.25, -0.2) is 4.79 Å². The maximum Gasteiger partial charge on any atom is 0.368 e. The predicted molar refractivity (Wildman–Crippen MR) is 75.8 cm³/mol. The van der Waals surface area contributed by atoms with Gasteiger partial charge < -0.3 is 9.22 Å². The molecule has 0 heterocycles. The first-order valence-electron chi connectivity index (χ1n) is 6.08. The summed E-state index contributed by atoms with van der Waals surface area (Å²) in [5.41, 5.74) is 0. The molecule has 0 amide bonds. The quantitative estimate of drug-likeness (QED) is 0.572. The SMILES string of the molecule is CC(=O)CC(C[N+](C)(C)C)OC(=O)SC(C)(C)C. The highest BCUT2D eigenvalue weighted by Crippen LogP contribution is 2.26. The number of likely N-dealkylation sites (N-methyl/N-ethyl adjacent to an activating group) is 1. The molecule has 0 aromatic heterocycles. The van der Waals surface area contributed by atoms with Crippen molar-refractivity contribution < 1.29 is 18.8 Å². The Morgan fingerprint density at radius 3 is 2.06 bits per heavy atom. The average Bonchev–Trinajstić information content (AvgIpc) is 1.92. The van der Waals surface area contributed by atoms with E-state index in [1.165, 1.54) is 6.92 Å². The summed E-state index contributed by atoms with van der Waals surface area (Å²) in [6.45, 7) is 8.03. The van der Waals surface area contributed by atoms with Crippen LogP contribution in [-0.2, 0) is 9.53 Å². The lowest BCUT2D eigenvalue weighted by atomic mass is 10.2. The van der Waals surface area contributed by atoms with Crippen LogP contribution < -0.4 is 0 Å². The van der Waals surface area contributed by atoms with Gasteiger partial charge in [0.05, 0.1) is 21.1 Å². The molecule has 0 aliphatic carbocycles. The molecule has 1 unspecified atom stereocenters. The topological polar surface area (TPSA) is 43.4 Å². The Balaban J connectivity index is 4.50. The van der Waals surface area contributed by atoms with Crippen molar-refractivity contribution in [3.05, 3.63) is 0 Å². The van der Waals surface area contributed by atoms with Crippen molar-refractivity contribution in [1.82, 2.24) is 0 Å². The summed E-state index contributed by atoms with van der Waals surface area (Å²) < 4.78 is 5.89. The summed E-state index contributed by atoms with van der Waals surface area (Å²) in [5, 5.41) is -0.304. The van der Waals surface area contributed by atoms with Crippen LogP contribution in [0.1, 0.15) is 34.1 Å². The number of hydrogen-bond acceptors (Lipinski definition) is 4. The Hall–Kier alpha value is -0.550. The number of thioether (sulfide) groups is 1. The molecule has 0 rings (SSSR count). The van der Waals surface area contributed by atoms with E-state index in [1.54, 1.807) is 0 Å². The number of carbonyl (C=O) groups excluding carboxylic acids is 2. The van der Waals surface area contributed by atoms with Crippen molar-refractivity contribution in [3.8, 4) is 0 Å². The van der Waals surface area contributed by atoms with Crippen molar-refractivity contribution in [2.45, 2.75) is 45.0 Å². The number of quaternary nitrogens is 1. The molecule has 0 spiro atoms. The van der Waals surface area contributed by atoms with Crippen molar-refractivity contribution in [1.29, 1.82) is 0 Å². The van der Waals surface area contributed by atoms with Crippen LogP contribution >= 0.6 is 11.8 Å². The van der Waals surface area contributed by atoms with E-state index in [9.17, 15) is 9.59 Å². The Kier molecular flexibility index (Phi) is 6.37. The first kappa shape index (κ1) is 17.4. The predicted octanol–water partition coefficient (Wildman–Crippen LogP) is 2.71. The maximum atomic E-state index is 11.8. The number of nitrogens with zero attached hydrogens (tertiary/aromatic N) is 1. The molecule has 0 saturated carbocycles. The first-order valence-corrected chi connectivity index (χ1v) is 6.90. The minimum Gasteiger partial charge on any atom is -0.448 e. The summed E-state index contributed by atoms with van der Waals surface area (Å²) >= 11 is 1.16. The Labute approximate surface area is 115 Å². The second kappa shape index (κ2) is 6.57. The number of Topliss-reactive ketones (excluding diaryl/α,β-unsaturated/α-hetero) is 1. The molecule has 0 bridgehead atoms. The fraction of sp³-hybridized carbons (Fsp3) is 0.846. The lowest BCUT2D eigenvalue weighted by Crippen LogP contribution is -2.43. The first-order chi connectivity index (χ1) is 7.89. The molecule has 0 aromatic rings. The van der Waals surface area contributed by atoms with Gasteiger partial charge in [0.2, 0.25) is 0 Å². The molecule has 0 aromatic carbocycles. The largest absolute Gasteiger partial charge is 0.448 e. The van der Waals surface area contributed by atoms with Crippen LogP contribution in [0.2, 0.25) is 0 Å². The molecule has 0 radical (unpaired) electrons. The highest BCUT2D eigenvalue weighted by Gasteiger charge is 2.26. The standard InChI is InChI=1S/C13H26NO3S/c1-10(15)8-11(9-14(5,6)7)17-12(16)18-13(2,3)4/h11H,8-9H2,1-7H3/q+1. The zero-order valence-corrected chi connectivity index (χ0v) is 13.4. The van der Waals surface area contributed by atoms with Crippen LogP contribution in [0.4, 0.5) is 4.79 Å². The monoisotopic (exact) mass is 276 g/mol. The number of rotatable bonds is 5. The zero-order chi connectivity index (χ0) is 14.6. The van der Waals surface area contributed by atoms with Crippen LogP contribution in [0.25, 0.3) is 0 Å². The summed E-state index contributed by atoms with van der Waals surface area (Å²) in [7, 11) is 6.04. The second-order valence-electron chi connectivity index (χ2n) is 6.58. The third-order valence-electron chi connectivity index (χ3n) is 1.92. The van der Waals surface area contributed by atoms with Crippen LogP contribution in [0, 0.1) is 0 Å². The number of hydrogen-bond donors (Lipinski definition) is 0. The van der Waals surface area contributed by atoms with Crippen LogP contribution in [-0.4, -0.2) is 54.1 Å². The van der Waals surface area contributed by atoms with Gasteiger partial charge in [0.15, 0.2) is 6.10 Å². The fourth-order valence-electron chi connectivity index (χ4n) is 1.49. The molecular formula is C13H26NO3S+. The fourth-order valence-corrected chi connectivity index (χ4v) is 2.17. The summed E-state index contributed by atoms with van der Waals surface area (Å²) in [6, 6.07) is 0.